The molecule has 0 aliphatic rings. The molecule has 1 heterocycles. The zero-order valence-electron chi connectivity index (χ0n) is 8.22. The Labute approximate surface area is 86.5 Å². The normalized spacial score (nSPS) is 11.7. The van der Waals surface area contributed by atoms with Crippen LogP contribution in [0.5, 0.6) is 0 Å². The molecule has 0 unspecified atom stereocenters. The number of hydrogen-bond donors (Lipinski definition) is 1. The first-order valence-corrected chi connectivity index (χ1v) is 4.75. The van der Waals surface area contributed by atoms with Crippen molar-refractivity contribution in [3.8, 4) is 0 Å². The summed E-state index contributed by atoms with van der Waals surface area (Å²) < 4.78 is 35.3. The zero-order valence-corrected chi connectivity index (χ0v) is 8.22. The first kappa shape index (κ1) is 12.0. The highest BCUT2D eigenvalue weighted by Gasteiger charge is 2.25. The third-order valence-electron chi connectivity index (χ3n) is 1.85. The molecule has 1 N–H and O–H groups in total. The van der Waals surface area contributed by atoms with Crippen molar-refractivity contribution in [3.63, 3.8) is 0 Å². The minimum Gasteiger partial charge on any atom is -0.311 e. The summed E-state index contributed by atoms with van der Waals surface area (Å²) in [5, 5.41) is 2.91. The first-order valence-electron chi connectivity index (χ1n) is 4.75. The van der Waals surface area contributed by atoms with Gasteiger partial charge >= 0.3 is 6.18 Å². The van der Waals surface area contributed by atoms with Crippen molar-refractivity contribution in [1.82, 2.24) is 10.3 Å². The zero-order chi connectivity index (χ0) is 11.1. The van der Waals surface area contributed by atoms with Gasteiger partial charge < -0.3 is 5.32 Å². The number of rotatable bonds is 5. The van der Waals surface area contributed by atoms with Gasteiger partial charge in [-0.2, -0.15) is 13.2 Å². The molecule has 0 saturated heterocycles. The number of alkyl halides is 3. The second-order valence-electron chi connectivity index (χ2n) is 3.22. The van der Waals surface area contributed by atoms with Crippen LogP contribution in [0.15, 0.2) is 24.4 Å². The van der Waals surface area contributed by atoms with Gasteiger partial charge in [0.05, 0.1) is 5.69 Å². The highest BCUT2D eigenvalue weighted by atomic mass is 19.4. The molecule has 0 atom stereocenters. The largest absolute Gasteiger partial charge is 0.389 e. The van der Waals surface area contributed by atoms with Gasteiger partial charge in [-0.3, -0.25) is 4.98 Å². The molecule has 1 aromatic rings. The Morgan fingerprint density at radius 3 is 2.67 bits per heavy atom. The summed E-state index contributed by atoms with van der Waals surface area (Å²) in [4.78, 5) is 4.04. The predicted molar refractivity (Wildman–Crippen MR) is 51.2 cm³/mol. The van der Waals surface area contributed by atoms with E-state index < -0.39 is 12.6 Å². The lowest BCUT2D eigenvalue weighted by Crippen LogP contribution is -2.18. The van der Waals surface area contributed by atoms with Crippen LogP contribution in [-0.2, 0) is 6.54 Å². The fraction of sp³-hybridized carbons (Fsp3) is 0.500. The molecule has 0 amide bonds. The van der Waals surface area contributed by atoms with Crippen LogP contribution < -0.4 is 5.32 Å². The van der Waals surface area contributed by atoms with Gasteiger partial charge in [0.15, 0.2) is 0 Å². The molecule has 84 valence electrons. The molecule has 0 spiro atoms. The Balaban J connectivity index is 2.08. The van der Waals surface area contributed by atoms with Crippen LogP contribution >= 0.6 is 0 Å². The lowest BCUT2D eigenvalue weighted by Gasteiger charge is -2.06. The summed E-state index contributed by atoms with van der Waals surface area (Å²) in [6, 6.07) is 5.48. The molecule has 0 aliphatic carbocycles. The van der Waals surface area contributed by atoms with Gasteiger partial charge in [0.2, 0.25) is 0 Å². The minimum atomic E-state index is -4.05. The smallest absolute Gasteiger partial charge is 0.311 e. The van der Waals surface area contributed by atoms with Crippen molar-refractivity contribution in [2.75, 3.05) is 6.54 Å². The molecule has 5 heteroatoms. The summed E-state index contributed by atoms with van der Waals surface area (Å²) in [7, 11) is 0. The topological polar surface area (TPSA) is 24.9 Å². The maximum atomic E-state index is 11.8. The van der Waals surface area contributed by atoms with Crippen LogP contribution in [-0.4, -0.2) is 17.7 Å². The Hall–Kier alpha value is -1.10. The van der Waals surface area contributed by atoms with E-state index in [9.17, 15) is 13.2 Å². The van der Waals surface area contributed by atoms with E-state index in [2.05, 4.69) is 10.3 Å². The van der Waals surface area contributed by atoms with Crippen molar-refractivity contribution in [3.05, 3.63) is 30.1 Å². The van der Waals surface area contributed by atoms with Crippen molar-refractivity contribution < 1.29 is 13.2 Å². The maximum Gasteiger partial charge on any atom is 0.389 e. The molecule has 2 nitrogen and oxygen atoms in total. The summed E-state index contributed by atoms with van der Waals surface area (Å²) in [5.41, 5.74) is 0.838. The van der Waals surface area contributed by atoms with E-state index in [1.54, 1.807) is 12.3 Å². The van der Waals surface area contributed by atoms with Gasteiger partial charge in [-0.05, 0) is 25.1 Å². The Morgan fingerprint density at radius 1 is 1.27 bits per heavy atom. The van der Waals surface area contributed by atoms with Crippen molar-refractivity contribution >= 4 is 0 Å². The van der Waals surface area contributed by atoms with Gasteiger partial charge in [0, 0.05) is 19.2 Å². The monoisotopic (exact) mass is 218 g/mol. The van der Waals surface area contributed by atoms with Crippen LogP contribution in [0.3, 0.4) is 0 Å². The molecule has 0 fully saturated rings. The second kappa shape index (κ2) is 5.70. The number of nitrogens with zero attached hydrogens (tertiary/aromatic N) is 1. The summed E-state index contributed by atoms with van der Waals surface area (Å²) >= 11 is 0. The molecule has 1 aromatic heterocycles. The standard InChI is InChI=1S/C10H13F3N2/c11-10(12,13)5-3-6-14-8-9-4-1-2-7-15-9/h1-2,4,7,14H,3,5-6,8H2. The molecular weight excluding hydrogens is 205 g/mol. The van der Waals surface area contributed by atoms with Gasteiger partial charge in [0.25, 0.3) is 0 Å². The maximum absolute atomic E-state index is 11.8. The molecule has 0 radical (unpaired) electrons. The van der Waals surface area contributed by atoms with Gasteiger partial charge in [-0.15, -0.1) is 0 Å². The average molecular weight is 218 g/mol. The summed E-state index contributed by atoms with van der Waals surface area (Å²) in [5.74, 6) is 0. The fourth-order valence-corrected chi connectivity index (χ4v) is 1.13. The fourth-order valence-electron chi connectivity index (χ4n) is 1.13. The van der Waals surface area contributed by atoms with E-state index in [0.29, 0.717) is 13.1 Å². The highest BCUT2D eigenvalue weighted by molar-refractivity contribution is 5.02. The van der Waals surface area contributed by atoms with Gasteiger partial charge in [-0.25, -0.2) is 0 Å². The molecule has 15 heavy (non-hydrogen) atoms. The number of aromatic nitrogens is 1. The molecular formula is C10H13F3N2. The van der Waals surface area contributed by atoms with Crippen molar-refractivity contribution in [2.24, 2.45) is 0 Å². The minimum absolute atomic E-state index is 0.107. The van der Waals surface area contributed by atoms with Gasteiger partial charge in [0.1, 0.15) is 0 Å². The molecule has 0 aliphatic heterocycles. The number of nitrogens with one attached hydrogen (secondary N) is 1. The van der Waals surface area contributed by atoms with E-state index in [0.717, 1.165) is 5.69 Å². The van der Waals surface area contributed by atoms with Crippen LogP contribution in [0.2, 0.25) is 0 Å². The number of hydrogen-bond acceptors (Lipinski definition) is 2. The second-order valence-corrected chi connectivity index (χ2v) is 3.22. The highest BCUT2D eigenvalue weighted by Crippen LogP contribution is 2.20. The van der Waals surface area contributed by atoms with Crippen molar-refractivity contribution in [1.29, 1.82) is 0 Å². The third-order valence-corrected chi connectivity index (χ3v) is 1.85. The third kappa shape index (κ3) is 6.06. The Bertz CT molecular complexity index is 272. The summed E-state index contributed by atoms with van der Waals surface area (Å²) in [6.07, 6.45) is -3.02. The van der Waals surface area contributed by atoms with E-state index in [4.69, 9.17) is 0 Å². The average Bonchev–Trinajstić information content (AvgIpc) is 2.17. The summed E-state index contributed by atoms with van der Waals surface area (Å²) in [6.45, 7) is 0.870. The number of halogens is 3. The van der Waals surface area contributed by atoms with Crippen LogP contribution in [0.4, 0.5) is 13.2 Å². The van der Waals surface area contributed by atoms with E-state index in [-0.39, 0.29) is 6.42 Å². The first-order chi connectivity index (χ1) is 7.08. The van der Waals surface area contributed by atoms with E-state index in [1.807, 2.05) is 12.1 Å². The van der Waals surface area contributed by atoms with Crippen LogP contribution in [0, 0.1) is 0 Å². The SMILES string of the molecule is FC(F)(F)CCCNCc1ccccn1. The number of pyridine rings is 1. The molecule has 1 rings (SSSR count). The lowest BCUT2D eigenvalue weighted by molar-refractivity contribution is -0.135. The Morgan fingerprint density at radius 2 is 2.07 bits per heavy atom. The van der Waals surface area contributed by atoms with Gasteiger partial charge in [-0.1, -0.05) is 6.07 Å². The molecule has 0 aromatic carbocycles. The van der Waals surface area contributed by atoms with Crippen LogP contribution in [0.25, 0.3) is 0 Å². The lowest BCUT2D eigenvalue weighted by atomic mass is 10.3. The molecule has 0 saturated carbocycles. The van der Waals surface area contributed by atoms with Crippen molar-refractivity contribution in [2.45, 2.75) is 25.6 Å². The van der Waals surface area contributed by atoms with E-state index >= 15 is 0 Å². The van der Waals surface area contributed by atoms with E-state index in [1.165, 1.54) is 0 Å². The van der Waals surface area contributed by atoms with Crippen LogP contribution in [0.1, 0.15) is 18.5 Å². The predicted octanol–water partition coefficient (Wildman–Crippen LogP) is 2.51. The Kier molecular flexibility index (Phi) is 4.55. The molecule has 0 bridgehead atoms. The quantitative estimate of drug-likeness (QED) is 0.768.